The minimum Gasteiger partial charge on any atom is -0.399 e. The fraction of sp³-hybridized carbons (Fsp3) is 0.600. The Balaban J connectivity index is 1.92. The van der Waals surface area contributed by atoms with Gasteiger partial charge in [0.25, 0.3) is 0 Å². The third kappa shape index (κ3) is 0.877. The minimum atomic E-state index is -3.64. The van der Waals surface area contributed by atoms with Gasteiger partial charge in [-0.1, -0.05) is 0 Å². The molecule has 6 rings (SSSR count). The van der Waals surface area contributed by atoms with Gasteiger partial charge >= 0.3 is 21.6 Å². The topological polar surface area (TPSA) is 89.5 Å². The maximum absolute atomic E-state index is 11.5. The van der Waals surface area contributed by atoms with E-state index in [1.807, 2.05) is 0 Å². The van der Waals surface area contributed by atoms with E-state index in [0.717, 1.165) is 0 Å². The van der Waals surface area contributed by atoms with E-state index in [0.29, 0.717) is 5.57 Å². The second-order valence-electron chi connectivity index (χ2n) is 3.37. The predicted molar refractivity (Wildman–Crippen MR) is 40.9 cm³/mol. The van der Waals surface area contributed by atoms with Crippen molar-refractivity contribution in [1.82, 2.24) is 0 Å². The molecule has 4 bridgehead atoms. The maximum Gasteiger partial charge on any atom is 0.539 e. The fourth-order valence-corrected chi connectivity index (χ4v) is 4.53. The molecule has 0 radical (unpaired) electrons. The van der Waals surface area contributed by atoms with Crippen molar-refractivity contribution in [2.45, 2.75) is 19.2 Å². The van der Waals surface area contributed by atoms with E-state index in [1.165, 1.54) is 0 Å². The highest BCUT2D eigenvalue weighted by atomic mass is 31.2. The Morgan fingerprint density at radius 1 is 1.13 bits per heavy atom. The summed E-state index contributed by atoms with van der Waals surface area (Å²) in [4.78, 5) is 0. The second kappa shape index (κ2) is 2.10. The molecular weight excluding hydrogens is 250 g/mol. The van der Waals surface area contributed by atoms with Crippen LogP contribution in [-0.4, -0.2) is 12.3 Å². The van der Waals surface area contributed by atoms with Gasteiger partial charge < -0.3 is 4.52 Å². The first-order valence-electron chi connectivity index (χ1n) is 4.04. The van der Waals surface area contributed by atoms with Gasteiger partial charge in [-0.3, -0.25) is 9.05 Å². The lowest BCUT2D eigenvalue weighted by atomic mass is 10.2. The van der Waals surface area contributed by atoms with Crippen LogP contribution >= 0.6 is 15.6 Å². The molecule has 0 amide bonds. The zero-order valence-corrected chi connectivity index (χ0v) is 9.03. The lowest BCUT2D eigenvalue weighted by Crippen LogP contribution is -2.39. The lowest BCUT2D eigenvalue weighted by Gasteiger charge is -2.36. The van der Waals surface area contributed by atoms with Crippen LogP contribution in [0.3, 0.4) is 0 Å². The van der Waals surface area contributed by atoms with Crippen LogP contribution in [0.25, 0.3) is 0 Å². The molecule has 6 aliphatic heterocycles. The Kier molecular flexibility index (Phi) is 1.25. The van der Waals surface area contributed by atoms with Gasteiger partial charge in [0, 0.05) is 5.57 Å². The van der Waals surface area contributed by atoms with E-state index in [9.17, 15) is 9.13 Å². The molecule has 0 aromatic carbocycles. The van der Waals surface area contributed by atoms with E-state index in [1.54, 1.807) is 6.92 Å². The summed E-state index contributed by atoms with van der Waals surface area (Å²) in [5.41, 5.74) is 0.439. The first-order valence-corrected chi connectivity index (χ1v) is 6.96. The Labute approximate surface area is 83.3 Å². The van der Waals surface area contributed by atoms with Crippen LogP contribution < -0.4 is 0 Å². The molecular formula is C5H4O8P2. The molecule has 0 saturated carbocycles. The van der Waals surface area contributed by atoms with Gasteiger partial charge in [-0.2, -0.15) is 0 Å². The van der Waals surface area contributed by atoms with Crippen LogP contribution in [0.5, 0.6) is 0 Å². The molecule has 82 valence electrons. The van der Waals surface area contributed by atoms with Gasteiger partial charge in [0.05, 0.1) is 0 Å². The number of hydrogen-bond donors (Lipinski definition) is 0. The Bertz CT molecular complexity index is 487. The largest absolute Gasteiger partial charge is 0.539 e. The fourth-order valence-electron chi connectivity index (χ4n) is 1.68. The van der Waals surface area contributed by atoms with Crippen LogP contribution in [0.15, 0.2) is 11.3 Å². The van der Waals surface area contributed by atoms with Crippen molar-refractivity contribution < 1.29 is 36.3 Å². The average Bonchev–Trinajstić information content (AvgIpc) is 2.41. The van der Waals surface area contributed by atoms with E-state index in [2.05, 4.69) is 0 Å². The first-order chi connectivity index (χ1) is 6.94. The standard InChI is InChI=1S/C5H4O8P2/c1-2-3-5(12-15(7,8-3)13-5)11-14(6)9-4(2)10-14/h4H,1H3. The molecule has 0 atom stereocenters. The Morgan fingerprint density at radius 3 is 2.40 bits per heavy atom. The number of hydrogen-bond acceptors (Lipinski definition) is 8. The van der Waals surface area contributed by atoms with Gasteiger partial charge in [-0.05, 0) is 6.92 Å². The van der Waals surface area contributed by atoms with Crippen molar-refractivity contribution in [2.75, 3.05) is 0 Å². The van der Waals surface area contributed by atoms with E-state index in [4.69, 9.17) is 27.1 Å². The molecule has 0 aliphatic carbocycles. The second-order valence-corrected chi connectivity index (χ2v) is 6.31. The summed E-state index contributed by atoms with van der Waals surface area (Å²) in [5, 5.41) is 0. The van der Waals surface area contributed by atoms with Gasteiger partial charge in [0.15, 0.2) is 0 Å². The molecule has 4 fully saturated rings. The SMILES string of the molecule is CC1=C2OP3(=O)OC2(OP2(=O)OC1O2)O3. The quantitative estimate of drug-likeness (QED) is 0.602. The molecule has 1 spiro atoms. The summed E-state index contributed by atoms with van der Waals surface area (Å²) in [6.07, 6.45) is -0.815. The van der Waals surface area contributed by atoms with Crippen molar-refractivity contribution in [1.29, 1.82) is 0 Å². The normalized spacial score (nSPS) is 59.9. The molecule has 0 unspecified atom stereocenters. The zero-order valence-electron chi connectivity index (χ0n) is 7.24. The Hall–Kier alpha value is -0.200. The van der Waals surface area contributed by atoms with E-state index >= 15 is 0 Å². The summed E-state index contributed by atoms with van der Waals surface area (Å²) in [5.74, 6) is -1.72. The highest BCUT2D eigenvalue weighted by Crippen LogP contribution is 2.82. The van der Waals surface area contributed by atoms with Crippen molar-refractivity contribution in [3.63, 3.8) is 0 Å². The third-order valence-corrected chi connectivity index (χ3v) is 5.04. The first kappa shape index (κ1) is 8.90. The van der Waals surface area contributed by atoms with Crippen molar-refractivity contribution in [2.24, 2.45) is 0 Å². The van der Waals surface area contributed by atoms with Crippen LogP contribution in [0.4, 0.5) is 0 Å². The van der Waals surface area contributed by atoms with Gasteiger partial charge in [0.1, 0.15) is 0 Å². The van der Waals surface area contributed by atoms with Crippen molar-refractivity contribution in [3.05, 3.63) is 11.3 Å². The molecule has 6 aliphatic rings. The summed E-state index contributed by atoms with van der Waals surface area (Å²) in [6, 6.07) is 0. The zero-order chi connectivity index (χ0) is 10.5. The third-order valence-electron chi connectivity index (χ3n) is 2.34. The van der Waals surface area contributed by atoms with Crippen LogP contribution in [0.2, 0.25) is 0 Å². The molecule has 8 nitrogen and oxygen atoms in total. The summed E-state index contributed by atoms with van der Waals surface area (Å²) < 4.78 is 52.2. The average molecular weight is 254 g/mol. The van der Waals surface area contributed by atoms with Crippen LogP contribution in [-0.2, 0) is 36.3 Å². The molecule has 6 heterocycles. The monoisotopic (exact) mass is 254 g/mol. The molecule has 10 heteroatoms. The minimum absolute atomic E-state index is 0.0751. The van der Waals surface area contributed by atoms with Gasteiger partial charge in [0.2, 0.25) is 12.0 Å². The summed E-state index contributed by atoms with van der Waals surface area (Å²) in [7, 11) is -7.17. The number of phosphoric acid groups is 2. The molecule has 15 heavy (non-hydrogen) atoms. The Morgan fingerprint density at radius 2 is 1.73 bits per heavy atom. The van der Waals surface area contributed by atoms with Crippen molar-refractivity contribution >= 4 is 15.6 Å². The smallest absolute Gasteiger partial charge is 0.399 e. The summed E-state index contributed by atoms with van der Waals surface area (Å²) >= 11 is 0. The van der Waals surface area contributed by atoms with E-state index < -0.39 is 27.9 Å². The lowest BCUT2D eigenvalue weighted by molar-refractivity contribution is -0.286. The van der Waals surface area contributed by atoms with Crippen LogP contribution in [0.1, 0.15) is 6.92 Å². The summed E-state index contributed by atoms with van der Waals surface area (Å²) in [6.45, 7) is 1.60. The number of phosphoric ester groups is 2. The number of rotatable bonds is 0. The highest BCUT2D eigenvalue weighted by molar-refractivity contribution is 7.51. The van der Waals surface area contributed by atoms with Gasteiger partial charge in [-0.15, -0.1) is 0 Å². The highest BCUT2D eigenvalue weighted by Gasteiger charge is 2.78. The molecule has 0 N–H and O–H groups in total. The van der Waals surface area contributed by atoms with E-state index in [-0.39, 0.29) is 5.76 Å². The molecule has 4 saturated heterocycles. The maximum atomic E-state index is 11.5. The predicted octanol–water partition coefficient (Wildman–Crippen LogP) is 1.61. The molecule has 0 aromatic rings. The van der Waals surface area contributed by atoms with Gasteiger partial charge in [-0.25, -0.2) is 22.7 Å². The van der Waals surface area contributed by atoms with Crippen LogP contribution in [0, 0.1) is 0 Å². The van der Waals surface area contributed by atoms with Crippen molar-refractivity contribution in [3.8, 4) is 0 Å². The molecule has 0 aromatic heterocycles.